The van der Waals surface area contributed by atoms with Crippen molar-refractivity contribution in [2.45, 2.75) is 16.8 Å². The molecule has 7 heteroatoms. The molecule has 0 spiro atoms. The minimum Gasteiger partial charge on any atom is -0.267 e. The molecule has 0 aliphatic heterocycles. The van der Waals surface area contributed by atoms with E-state index in [-0.39, 0.29) is 5.56 Å². The molecule has 0 bridgehead atoms. The van der Waals surface area contributed by atoms with E-state index in [2.05, 4.69) is 41.4 Å². The number of nitrogens with zero attached hydrogens (tertiary/aromatic N) is 4. The van der Waals surface area contributed by atoms with Crippen molar-refractivity contribution >= 4 is 39.7 Å². The van der Waals surface area contributed by atoms with Crippen molar-refractivity contribution in [3.05, 3.63) is 63.7 Å². The van der Waals surface area contributed by atoms with Crippen LogP contribution in [0.25, 0.3) is 16.3 Å². The van der Waals surface area contributed by atoms with E-state index in [0.717, 1.165) is 15.4 Å². The average molecular weight is 357 g/mol. The lowest BCUT2D eigenvalue weighted by Crippen LogP contribution is -2.19. The van der Waals surface area contributed by atoms with E-state index in [1.807, 2.05) is 12.1 Å². The molecule has 3 heterocycles. The molecule has 0 unspecified atom stereocenters. The minimum atomic E-state index is -0.183. The number of aryl methyl sites for hydroxylation is 2. The van der Waals surface area contributed by atoms with Crippen molar-refractivity contribution in [1.29, 1.82) is 0 Å². The maximum absolute atomic E-state index is 12.4. The van der Waals surface area contributed by atoms with Crippen LogP contribution < -0.4 is 5.56 Å². The normalized spacial score (nSPS) is 11.5. The van der Waals surface area contributed by atoms with E-state index in [9.17, 15) is 4.79 Å². The molecule has 0 aliphatic carbocycles. The number of fused-ring (bicyclic) bond motifs is 3. The van der Waals surface area contributed by atoms with Crippen molar-refractivity contribution in [3.8, 4) is 0 Å². The van der Waals surface area contributed by atoms with Crippen LogP contribution in [0.15, 0.2) is 57.3 Å². The summed E-state index contributed by atoms with van der Waals surface area (Å²) in [6, 6.07) is 12.1. The predicted octanol–water partition coefficient (Wildman–Crippen LogP) is 3.69. The number of hydrogen-bond donors (Lipinski definition) is 0. The number of halogens is 1. The Morgan fingerprint density at radius 3 is 2.58 bits per heavy atom. The van der Waals surface area contributed by atoms with Crippen LogP contribution in [0.2, 0.25) is 5.15 Å². The fourth-order valence-electron chi connectivity index (χ4n) is 2.60. The molecule has 120 valence electrons. The van der Waals surface area contributed by atoms with E-state index in [1.165, 1.54) is 10.2 Å². The standard InChI is InChI=1S/C17H13ClN4OS/c1-10-3-5-11(6-4-10)24-14-8-7-13-15-12(9-22(13)19-14)16(18)20-21(2)17(15)23/h3-9H,1-2H3. The van der Waals surface area contributed by atoms with Gasteiger partial charge in [0, 0.05) is 23.5 Å². The number of benzene rings is 1. The summed E-state index contributed by atoms with van der Waals surface area (Å²) < 4.78 is 2.94. The smallest absolute Gasteiger partial charge is 0.267 e. The molecule has 5 nitrogen and oxygen atoms in total. The Balaban J connectivity index is 1.85. The molecular weight excluding hydrogens is 344 g/mol. The van der Waals surface area contributed by atoms with Crippen LogP contribution in [-0.4, -0.2) is 19.4 Å². The van der Waals surface area contributed by atoms with Gasteiger partial charge in [-0.3, -0.25) is 4.79 Å². The van der Waals surface area contributed by atoms with Gasteiger partial charge in [-0.05, 0) is 31.2 Å². The second-order valence-electron chi connectivity index (χ2n) is 5.55. The molecular formula is C17H13ClN4OS. The van der Waals surface area contributed by atoms with E-state index >= 15 is 0 Å². The first-order valence-electron chi connectivity index (χ1n) is 7.32. The second kappa shape index (κ2) is 5.65. The molecule has 0 amide bonds. The topological polar surface area (TPSA) is 52.2 Å². The number of hydrogen-bond acceptors (Lipinski definition) is 4. The molecule has 0 aliphatic rings. The summed E-state index contributed by atoms with van der Waals surface area (Å²) in [4.78, 5) is 13.5. The van der Waals surface area contributed by atoms with Crippen molar-refractivity contribution in [2.24, 2.45) is 7.05 Å². The maximum Gasteiger partial charge on any atom is 0.276 e. The highest BCUT2D eigenvalue weighted by molar-refractivity contribution is 7.99. The summed E-state index contributed by atoms with van der Waals surface area (Å²) in [7, 11) is 1.59. The first kappa shape index (κ1) is 15.2. The van der Waals surface area contributed by atoms with Gasteiger partial charge in [0.2, 0.25) is 0 Å². The van der Waals surface area contributed by atoms with Gasteiger partial charge in [-0.25, -0.2) is 9.20 Å². The van der Waals surface area contributed by atoms with E-state index in [0.29, 0.717) is 15.9 Å². The summed E-state index contributed by atoms with van der Waals surface area (Å²) in [5.41, 5.74) is 1.76. The fourth-order valence-corrected chi connectivity index (χ4v) is 3.63. The highest BCUT2D eigenvalue weighted by Gasteiger charge is 2.14. The fraction of sp³-hybridized carbons (Fsp3) is 0.118. The Kier molecular flexibility index (Phi) is 3.58. The van der Waals surface area contributed by atoms with Gasteiger partial charge in [0.05, 0.1) is 10.9 Å². The Labute approximate surface area is 146 Å². The second-order valence-corrected chi connectivity index (χ2v) is 7.01. The zero-order valence-corrected chi connectivity index (χ0v) is 14.6. The van der Waals surface area contributed by atoms with Gasteiger partial charge in [-0.15, -0.1) is 0 Å². The molecule has 1 aromatic carbocycles. The summed E-state index contributed by atoms with van der Waals surface area (Å²) in [6.45, 7) is 2.06. The minimum absolute atomic E-state index is 0.183. The quantitative estimate of drug-likeness (QED) is 0.549. The molecule has 4 rings (SSSR count). The predicted molar refractivity (Wildman–Crippen MR) is 96.0 cm³/mol. The van der Waals surface area contributed by atoms with Crippen molar-refractivity contribution in [1.82, 2.24) is 19.4 Å². The van der Waals surface area contributed by atoms with Crippen LogP contribution in [0, 0.1) is 6.92 Å². The monoisotopic (exact) mass is 356 g/mol. The number of aromatic nitrogens is 4. The largest absolute Gasteiger partial charge is 0.276 e. The molecule has 24 heavy (non-hydrogen) atoms. The van der Waals surface area contributed by atoms with Crippen molar-refractivity contribution < 1.29 is 0 Å². The number of rotatable bonds is 2. The van der Waals surface area contributed by atoms with Crippen LogP contribution in [0.3, 0.4) is 0 Å². The van der Waals surface area contributed by atoms with E-state index in [1.54, 1.807) is 29.5 Å². The molecule has 0 saturated carbocycles. The zero-order chi connectivity index (χ0) is 16.8. The van der Waals surface area contributed by atoms with Gasteiger partial charge in [0.15, 0.2) is 5.15 Å². The molecule has 0 radical (unpaired) electrons. The lowest BCUT2D eigenvalue weighted by molar-refractivity contribution is 0.719. The summed E-state index contributed by atoms with van der Waals surface area (Å²) >= 11 is 7.74. The molecule has 0 atom stereocenters. The molecule has 3 aromatic heterocycles. The third-order valence-electron chi connectivity index (χ3n) is 3.82. The first-order chi connectivity index (χ1) is 11.5. The highest BCUT2D eigenvalue weighted by atomic mass is 35.5. The SMILES string of the molecule is Cc1ccc(Sc2ccc3c4c(=O)n(C)nc(Cl)c4cn3n2)cc1. The van der Waals surface area contributed by atoms with Gasteiger partial charge in [0.1, 0.15) is 5.03 Å². The third kappa shape index (κ3) is 2.48. The molecule has 4 aromatic rings. The van der Waals surface area contributed by atoms with Crippen LogP contribution in [0.5, 0.6) is 0 Å². The van der Waals surface area contributed by atoms with Crippen molar-refractivity contribution in [2.75, 3.05) is 0 Å². The lowest BCUT2D eigenvalue weighted by Gasteiger charge is -2.02. The maximum atomic E-state index is 12.4. The van der Waals surface area contributed by atoms with Crippen LogP contribution in [-0.2, 0) is 7.05 Å². The van der Waals surface area contributed by atoms with Crippen LogP contribution >= 0.6 is 23.4 Å². The Bertz CT molecular complexity index is 1130. The van der Waals surface area contributed by atoms with Crippen LogP contribution in [0.1, 0.15) is 5.56 Å². The average Bonchev–Trinajstić information content (AvgIpc) is 2.94. The van der Waals surface area contributed by atoms with Gasteiger partial charge < -0.3 is 0 Å². The highest BCUT2D eigenvalue weighted by Crippen LogP contribution is 2.28. The van der Waals surface area contributed by atoms with E-state index in [4.69, 9.17) is 11.6 Å². The van der Waals surface area contributed by atoms with Gasteiger partial charge >= 0.3 is 0 Å². The van der Waals surface area contributed by atoms with E-state index < -0.39 is 0 Å². The third-order valence-corrected chi connectivity index (χ3v) is 5.04. The van der Waals surface area contributed by atoms with Gasteiger partial charge in [-0.2, -0.15) is 10.2 Å². The summed E-state index contributed by atoms with van der Waals surface area (Å²) in [5, 5.41) is 10.9. The van der Waals surface area contributed by atoms with Gasteiger partial charge in [-0.1, -0.05) is 41.1 Å². The zero-order valence-electron chi connectivity index (χ0n) is 13.0. The molecule has 0 saturated heterocycles. The lowest BCUT2D eigenvalue weighted by atomic mass is 10.2. The Morgan fingerprint density at radius 1 is 1.08 bits per heavy atom. The molecule has 0 N–H and O–H groups in total. The summed E-state index contributed by atoms with van der Waals surface area (Å²) in [5.74, 6) is 0. The van der Waals surface area contributed by atoms with Crippen molar-refractivity contribution in [3.63, 3.8) is 0 Å². The Morgan fingerprint density at radius 2 is 1.83 bits per heavy atom. The summed E-state index contributed by atoms with van der Waals surface area (Å²) in [6.07, 6.45) is 1.75. The van der Waals surface area contributed by atoms with Crippen LogP contribution in [0.4, 0.5) is 0 Å². The molecule has 0 fully saturated rings. The Hall–Kier alpha value is -2.31. The van der Waals surface area contributed by atoms with Gasteiger partial charge in [0.25, 0.3) is 5.56 Å². The first-order valence-corrected chi connectivity index (χ1v) is 8.52.